The number of rotatable bonds is 7. The Morgan fingerprint density at radius 2 is 1.75 bits per heavy atom. The number of hydrogen-bond donors (Lipinski definition) is 2. The average Bonchev–Trinajstić information content (AvgIpc) is 2.58. The first-order chi connectivity index (χ1) is 11.3. The van der Waals surface area contributed by atoms with E-state index >= 15 is 0 Å². The summed E-state index contributed by atoms with van der Waals surface area (Å²) in [4.78, 5) is 3.90. The minimum atomic E-state index is -4.02. The SMILES string of the molecule is Cc1ccc(S(=O)(=O)OCC(CO)(CO)c2ccc(Cl)nc2)cc1. The number of aliphatic hydroxyl groups excluding tert-OH is 2. The van der Waals surface area contributed by atoms with Crippen molar-refractivity contribution in [3.63, 3.8) is 0 Å². The van der Waals surface area contributed by atoms with Gasteiger partial charge in [0.2, 0.25) is 0 Å². The van der Waals surface area contributed by atoms with Gasteiger partial charge in [0, 0.05) is 6.20 Å². The number of pyridine rings is 1. The zero-order valence-electron chi connectivity index (χ0n) is 13.0. The monoisotopic (exact) mass is 371 g/mol. The van der Waals surface area contributed by atoms with Gasteiger partial charge in [-0.1, -0.05) is 35.4 Å². The molecule has 1 heterocycles. The van der Waals surface area contributed by atoms with E-state index < -0.39 is 35.4 Å². The van der Waals surface area contributed by atoms with Crippen LogP contribution in [0, 0.1) is 6.92 Å². The van der Waals surface area contributed by atoms with Crippen LogP contribution in [0.15, 0.2) is 47.5 Å². The van der Waals surface area contributed by atoms with E-state index in [9.17, 15) is 18.6 Å². The molecule has 1 aromatic carbocycles. The molecule has 0 aliphatic rings. The van der Waals surface area contributed by atoms with E-state index in [4.69, 9.17) is 15.8 Å². The van der Waals surface area contributed by atoms with Crippen LogP contribution in [-0.4, -0.2) is 43.4 Å². The second kappa shape index (κ2) is 7.58. The first-order valence-electron chi connectivity index (χ1n) is 7.13. The lowest BCUT2D eigenvalue weighted by Gasteiger charge is -2.29. The summed E-state index contributed by atoms with van der Waals surface area (Å²) in [6, 6.07) is 9.24. The molecule has 0 spiro atoms. The zero-order valence-corrected chi connectivity index (χ0v) is 14.6. The van der Waals surface area contributed by atoms with Crippen molar-refractivity contribution in [3.05, 3.63) is 58.9 Å². The van der Waals surface area contributed by atoms with Crippen molar-refractivity contribution < 1.29 is 22.8 Å². The number of aryl methyl sites for hydroxylation is 1. The van der Waals surface area contributed by atoms with Gasteiger partial charge in [-0.15, -0.1) is 0 Å². The summed E-state index contributed by atoms with van der Waals surface area (Å²) >= 11 is 5.73. The highest BCUT2D eigenvalue weighted by molar-refractivity contribution is 7.86. The van der Waals surface area contributed by atoms with E-state index in [1.165, 1.54) is 24.4 Å². The summed E-state index contributed by atoms with van der Waals surface area (Å²) in [5.74, 6) is 0. The molecule has 2 rings (SSSR count). The topological polar surface area (TPSA) is 96.7 Å². The molecule has 0 amide bonds. The van der Waals surface area contributed by atoms with Gasteiger partial charge in [0.1, 0.15) is 5.15 Å². The number of aliphatic hydroxyl groups is 2. The van der Waals surface area contributed by atoms with Crippen LogP contribution < -0.4 is 0 Å². The molecule has 2 aromatic rings. The fourth-order valence-electron chi connectivity index (χ4n) is 2.06. The molecule has 1 aromatic heterocycles. The van der Waals surface area contributed by atoms with Gasteiger partial charge in [-0.3, -0.25) is 4.18 Å². The Kier molecular flexibility index (Phi) is 5.95. The number of hydrogen-bond acceptors (Lipinski definition) is 6. The summed E-state index contributed by atoms with van der Waals surface area (Å²) in [7, 11) is -4.02. The zero-order chi connectivity index (χ0) is 17.8. The van der Waals surface area contributed by atoms with Crippen LogP contribution in [0.4, 0.5) is 0 Å². The van der Waals surface area contributed by atoms with E-state index in [-0.39, 0.29) is 10.0 Å². The molecule has 8 heteroatoms. The molecule has 0 saturated carbocycles. The Morgan fingerprint density at radius 3 is 2.25 bits per heavy atom. The van der Waals surface area contributed by atoms with Crippen molar-refractivity contribution in [2.45, 2.75) is 17.2 Å². The largest absolute Gasteiger partial charge is 0.395 e. The van der Waals surface area contributed by atoms with Crippen LogP contribution in [0.5, 0.6) is 0 Å². The van der Waals surface area contributed by atoms with Crippen molar-refractivity contribution in [1.82, 2.24) is 4.98 Å². The molecule has 24 heavy (non-hydrogen) atoms. The Balaban J connectivity index is 2.25. The van der Waals surface area contributed by atoms with Gasteiger partial charge >= 0.3 is 0 Å². The van der Waals surface area contributed by atoms with Crippen molar-refractivity contribution >= 4 is 21.7 Å². The fourth-order valence-corrected chi connectivity index (χ4v) is 3.16. The van der Waals surface area contributed by atoms with Crippen molar-refractivity contribution in [2.24, 2.45) is 0 Å². The van der Waals surface area contributed by atoms with Gasteiger partial charge in [0.15, 0.2) is 0 Å². The molecule has 0 bridgehead atoms. The second-order valence-corrected chi connectivity index (χ2v) is 7.50. The third kappa shape index (κ3) is 4.12. The average molecular weight is 372 g/mol. The number of aromatic nitrogens is 1. The second-order valence-electron chi connectivity index (χ2n) is 5.50. The Hall–Kier alpha value is -1.51. The summed E-state index contributed by atoms with van der Waals surface area (Å²) < 4.78 is 29.6. The molecule has 0 atom stereocenters. The van der Waals surface area contributed by atoms with Crippen LogP contribution in [0.25, 0.3) is 0 Å². The minimum Gasteiger partial charge on any atom is -0.395 e. The normalized spacial score (nSPS) is 12.3. The fraction of sp³-hybridized carbons (Fsp3) is 0.312. The van der Waals surface area contributed by atoms with E-state index in [0.717, 1.165) is 5.56 Å². The highest BCUT2D eigenvalue weighted by Crippen LogP contribution is 2.26. The molecule has 0 unspecified atom stereocenters. The third-order valence-electron chi connectivity index (χ3n) is 3.75. The van der Waals surface area contributed by atoms with Gasteiger partial charge < -0.3 is 10.2 Å². The first-order valence-corrected chi connectivity index (χ1v) is 8.91. The number of benzene rings is 1. The maximum absolute atomic E-state index is 12.3. The van der Waals surface area contributed by atoms with Gasteiger partial charge in [0.05, 0.1) is 30.1 Å². The molecular formula is C16H18ClNO5S. The van der Waals surface area contributed by atoms with Crippen LogP contribution in [0.2, 0.25) is 5.15 Å². The van der Waals surface area contributed by atoms with Crippen molar-refractivity contribution in [3.8, 4) is 0 Å². The van der Waals surface area contributed by atoms with E-state index in [1.807, 2.05) is 6.92 Å². The van der Waals surface area contributed by atoms with Crippen molar-refractivity contribution in [2.75, 3.05) is 19.8 Å². The molecule has 0 radical (unpaired) electrons. The predicted octanol–water partition coefficient (Wildman–Crippen LogP) is 1.67. The van der Waals surface area contributed by atoms with Gasteiger partial charge in [-0.2, -0.15) is 8.42 Å². The molecule has 2 N–H and O–H groups in total. The smallest absolute Gasteiger partial charge is 0.297 e. The Morgan fingerprint density at radius 1 is 1.12 bits per heavy atom. The molecule has 0 aliphatic carbocycles. The van der Waals surface area contributed by atoms with Gasteiger partial charge in [0.25, 0.3) is 10.1 Å². The summed E-state index contributed by atoms with van der Waals surface area (Å²) in [5.41, 5.74) is 0.0345. The third-order valence-corrected chi connectivity index (χ3v) is 5.25. The van der Waals surface area contributed by atoms with Gasteiger partial charge in [-0.05, 0) is 30.7 Å². The summed E-state index contributed by atoms with van der Waals surface area (Å²) in [6.45, 7) is 0.374. The Labute approximate surface area is 145 Å². The first kappa shape index (κ1) is 18.8. The van der Waals surface area contributed by atoms with E-state index in [0.29, 0.717) is 5.56 Å². The lowest BCUT2D eigenvalue weighted by Crippen LogP contribution is -2.40. The lowest BCUT2D eigenvalue weighted by atomic mass is 9.84. The van der Waals surface area contributed by atoms with Crippen molar-refractivity contribution in [1.29, 1.82) is 0 Å². The molecule has 0 aliphatic heterocycles. The molecule has 130 valence electrons. The lowest BCUT2D eigenvalue weighted by molar-refractivity contribution is 0.0751. The van der Waals surface area contributed by atoms with Crippen LogP contribution in [-0.2, 0) is 19.7 Å². The standard InChI is InChI=1S/C16H18ClNO5S/c1-12-2-5-14(6-3-12)24(21,22)23-11-16(9-19,10-20)13-4-7-15(17)18-8-13/h2-8,19-20H,9-11H2,1H3. The maximum Gasteiger partial charge on any atom is 0.297 e. The quantitative estimate of drug-likeness (QED) is 0.567. The molecule has 0 fully saturated rings. The minimum absolute atomic E-state index is 0.00658. The van der Waals surface area contributed by atoms with E-state index in [2.05, 4.69) is 4.98 Å². The number of nitrogens with zero attached hydrogens (tertiary/aromatic N) is 1. The highest BCUT2D eigenvalue weighted by atomic mass is 35.5. The summed E-state index contributed by atoms with van der Waals surface area (Å²) in [5, 5.41) is 19.7. The van der Waals surface area contributed by atoms with Crippen LogP contribution in [0.1, 0.15) is 11.1 Å². The predicted molar refractivity (Wildman–Crippen MR) is 89.4 cm³/mol. The van der Waals surface area contributed by atoms with Crippen LogP contribution >= 0.6 is 11.6 Å². The number of halogens is 1. The van der Waals surface area contributed by atoms with Crippen LogP contribution in [0.3, 0.4) is 0 Å². The van der Waals surface area contributed by atoms with E-state index in [1.54, 1.807) is 18.2 Å². The molecular weight excluding hydrogens is 354 g/mol. The molecule has 6 nitrogen and oxygen atoms in total. The summed E-state index contributed by atoms with van der Waals surface area (Å²) in [6.07, 6.45) is 1.37. The molecule has 0 saturated heterocycles. The maximum atomic E-state index is 12.3. The Bertz CT molecular complexity index is 771. The van der Waals surface area contributed by atoms with Gasteiger partial charge in [-0.25, -0.2) is 4.98 Å². The highest BCUT2D eigenvalue weighted by Gasteiger charge is 2.34.